The number of hydrogen-bond donors (Lipinski definition) is 1. The van der Waals surface area contributed by atoms with E-state index < -0.39 is 11.4 Å². The smallest absolute Gasteiger partial charge is 0.167 e. The molecule has 0 aromatic heterocycles. The Hall–Kier alpha value is -2.61. The summed E-state index contributed by atoms with van der Waals surface area (Å²) in [7, 11) is 0. The molecule has 7 heteroatoms. The SMILES string of the molecule is NCc1ccc(N=Nc2c(OS(=O)[O-])ccc3ccccc23)cc1. The average Bonchev–Trinajstić information content (AvgIpc) is 2.60. The molecule has 0 aliphatic carbocycles. The van der Waals surface area contributed by atoms with E-state index >= 15 is 0 Å². The summed E-state index contributed by atoms with van der Waals surface area (Å²) < 4.78 is 26.6. The fraction of sp³-hybridized carbons (Fsp3) is 0.0588. The molecule has 0 amide bonds. The predicted octanol–water partition coefficient (Wildman–Crippen LogP) is 3.89. The normalized spacial score (nSPS) is 12.6. The minimum atomic E-state index is -2.69. The van der Waals surface area contributed by atoms with E-state index in [9.17, 15) is 8.76 Å². The molecule has 0 heterocycles. The van der Waals surface area contributed by atoms with Gasteiger partial charge in [0.25, 0.3) is 0 Å². The number of fused-ring (bicyclic) bond motifs is 1. The molecular formula is C17H14N3O3S-. The van der Waals surface area contributed by atoms with Crippen molar-refractivity contribution >= 4 is 33.5 Å². The Bertz CT molecular complexity index is 911. The third-order valence-corrected chi connectivity index (χ3v) is 3.77. The van der Waals surface area contributed by atoms with Crippen molar-refractivity contribution in [3.63, 3.8) is 0 Å². The highest BCUT2D eigenvalue weighted by Crippen LogP contribution is 2.37. The first-order chi connectivity index (χ1) is 11.7. The van der Waals surface area contributed by atoms with E-state index in [2.05, 4.69) is 10.2 Å². The molecule has 0 spiro atoms. The molecule has 0 aliphatic heterocycles. The van der Waals surface area contributed by atoms with Crippen molar-refractivity contribution in [1.82, 2.24) is 0 Å². The number of azo groups is 1. The lowest BCUT2D eigenvalue weighted by Crippen LogP contribution is -1.98. The van der Waals surface area contributed by atoms with Gasteiger partial charge in [-0.3, -0.25) is 0 Å². The van der Waals surface area contributed by atoms with Gasteiger partial charge in [0.2, 0.25) is 0 Å². The van der Waals surface area contributed by atoms with Crippen molar-refractivity contribution in [1.29, 1.82) is 0 Å². The van der Waals surface area contributed by atoms with Crippen LogP contribution in [0, 0.1) is 0 Å². The molecule has 6 nitrogen and oxygen atoms in total. The van der Waals surface area contributed by atoms with Crippen molar-refractivity contribution < 1.29 is 12.9 Å². The summed E-state index contributed by atoms with van der Waals surface area (Å²) in [6.07, 6.45) is 0. The standard InChI is InChI=1S/C17H15N3O3S/c18-11-12-5-8-14(9-6-12)19-20-17-15-4-2-1-3-13(15)7-10-16(17)23-24(21)22/h1-10H,11,18H2,(H,21,22)/p-1. The van der Waals surface area contributed by atoms with Gasteiger partial charge in [-0.25, -0.2) is 4.21 Å². The van der Waals surface area contributed by atoms with Crippen LogP contribution < -0.4 is 9.92 Å². The highest BCUT2D eigenvalue weighted by Gasteiger charge is 2.09. The van der Waals surface area contributed by atoms with Gasteiger partial charge < -0.3 is 14.5 Å². The average molecular weight is 340 g/mol. The highest BCUT2D eigenvalue weighted by molar-refractivity contribution is 7.74. The largest absolute Gasteiger partial charge is 0.740 e. The van der Waals surface area contributed by atoms with Crippen LogP contribution in [0.25, 0.3) is 10.8 Å². The van der Waals surface area contributed by atoms with E-state index in [1.165, 1.54) is 0 Å². The van der Waals surface area contributed by atoms with E-state index in [0.717, 1.165) is 16.3 Å². The predicted molar refractivity (Wildman–Crippen MR) is 92.0 cm³/mol. The van der Waals surface area contributed by atoms with Crippen molar-refractivity contribution in [2.75, 3.05) is 0 Å². The van der Waals surface area contributed by atoms with Crippen LogP contribution in [0.2, 0.25) is 0 Å². The van der Waals surface area contributed by atoms with Gasteiger partial charge in [0.05, 0.1) is 5.69 Å². The Morgan fingerprint density at radius 2 is 1.75 bits per heavy atom. The molecule has 3 rings (SSSR count). The molecule has 1 atom stereocenters. The molecule has 0 aliphatic rings. The summed E-state index contributed by atoms with van der Waals surface area (Å²) in [5.41, 5.74) is 7.55. The zero-order valence-electron chi connectivity index (χ0n) is 12.6. The van der Waals surface area contributed by atoms with Crippen LogP contribution in [0.1, 0.15) is 5.56 Å². The first kappa shape index (κ1) is 16.3. The molecular weight excluding hydrogens is 326 g/mol. The number of hydrogen-bond acceptors (Lipinski definition) is 6. The summed E-state index contributed by atoms with van der Waals surface area (Å²) in [6.45, 7) is 0.452. The van der Waals surface area contributed by atoms with Crippen molar-refractivity contribution in [2.24, 2.45) is 16.0 Å². The van der Waals surface area contributed by atoms with Gasteiger partial charge >= 0.3 is 0 Å². The minimum Gasteiger partial charge on any atom is -0.740 e. The summed E-state index contributed by atoms with van der Waals surface area (Å²) in [6, 6.07) is 18.1. The van der Waals surface area contributed by atoms with Crippen LogP contribution in [0.5, 0.6) is 5.75 Å². The van der Waals surface area contributed by atoms with E-state index in [0.29, 0.717) is 17.9 Å². The fourth-order valence-corrected chi connectivity index (χ4v) is 2.57. The minimum absolute atomic E-state index is 0.129. The van der Waals surface area contributed by atoms with E-state index in [-0.39, 0.29) is 5.75 Å². The van der Waals surface area contributed by atoms with Gasteiger partial charge in [0, 0.05) is 11.9 Å². The first-order valence-electron chi connectivity index (χ1n) is 7.17. The molecule has 24 heavy (non-hydrogen) atoms. The Kier molecular flexibility index (Phi) is 4.95. The molecule has 0 fully saturated rings. The second-order valence-corrected chi connectivity index (χ2v) is 5.57. The van der Waals surface area contributed by atoms with Crippen molar-refractivity contribution in [3.05, 3.63) is 66.2 Å². The Morgan fingerprint density at radius 3 is 2.46 bits per heavy atom. The maximum absolute atomic E-state index is 10.9. The van der Waals surface area contributed by atoms with Gasteiger partial charge in [-0.05, 0) is 29.1 Å². The molecule has 3 aromatic carbocycles. The number of rotatable bonds is 5. The van der Waals surface area contributed by atoms with Crippen LogP contribution in [0.4, 0.5) is 11.4 Å². The summed E-state index contributed by atoms with van der Waals surface area (Å²) in [5.74, 6) is 0.129. The lowest BCUT2D eigenvalue weighted by atomic mass is 10.1. The molecule has 3 aromatic rings. The van der Waals surface area contributed by atoms with Crippen LogP contribution in [-0.2, 0) is 17.9 Å². The van der Waals surface area contributed by atoms with E-state index in [4.69, 9.17) is 9.92 Å². The first-order valence-corrected chi connectivity index (χ1v) is 8.17. The maximum Gasteiger partial charge on any atom is 0.167 e. The number of benzene rings is 3. The van der Waals surface area contributed by atoms with Gasteiger partial charge in [-0.1, -0.05) is 42.5 Å². The summed E-state index contributed by atoms with van der Waals surface area (Å²) >= 11 is -2.69. The topological polar surface area (TPSA) is 100 Å². The van der Waals surface area contributed by atoms with Gasteiger partial charge in [-0.2, -0.15) is 5.11 Å². The zero-order valence-corrected chi connectivity index (χ0v) is 13.4. The second-order valence-electron chi connectivity index (χ2n) is 4.99. The molecule has 2 N–H and O–H groups in total. The lowest BCUT2D eigenvalue weighted by molar-refractivity contribution is 0.441. The quantitative estimate of drug-likeness (QED) is 0.562. The molecule has 122 valence electrons. The summed E-state index contributed by atoms with van der Waals surface area (Å²) in [4.78, 5) is 0. The van der Waals surface area contributed by atoms with Gasteiger partial charge in [-0.15, -0.1) is 5.11 Å². The maximum atomic E-state index is 10.9. The van der Waals surface area contributed by atoms with Crippen molar-refractivity contribution in [2.45, 2.75) is 6.54 Å². The number of nitrogens with zero attached hydrogens (tertiary/aromatic N) is 2. The molecule has 0 saturated carbocycles. The van der Waals surface area contributed by atoms with Crippen LogP contribution >= 0.6 is 0 Å². The van der Waals surface area contributed by atoms with Gasteiger partial charge in [0.15, 0.2) is 5.75 Å². The fourth-order valence-electron chi connectivity index (χ4n) is 2.29. The third kappa shape index (κ3) is 3.65. The van der Waals surface area contributed by atoms with Gasteiger partial charge in [0.1, 0.15) is 17.0 Å². The molecule has 1 unspecified atom stereocenters. The molecule has 0 radical (unpaired) electrons. The van der Waals surface area contributed by atoms with Crippen LogP contribution in [0.3, 0.4) is 0 Å². The molecule has 0 bridgehead atoms. The van der Waals surface area contributed by atoms with E-state index in [1.807, 2.05) is 36.4 Å². The molecule has 0 saturated heterocycles. The van der Waals surface area contributed by atoms with Crippen molar-refractivity contribution in [3.8, 4) is 5.75 Å². The lowest BCUT2D eigenvalue weighted by Gasteiger charge is -2.11. The van der Waals surface area contributed by atoms with E-state index in [1.54, 1.807) is 24.3 Å². The summed E-state index contributed by atoms with van der Waals surface area (Å²) in [5, 5.41) is 10.0. The van der Waals surface area contributed by atoms with Crippen LogP contribution in [-0.4, -0.2) is 8.76 Å². The number of nitrogens with two attached hydrogens (primary N) is 1. The Morgan fingerprint density at radius 1 is 1.00 bits per heavy atom. The Balaban J connectivity index is 2.04. The van der Waals surface area contributed by atoms with Crippen LogP contribution in [0.15, 0.2) is 70.9 Å². The highest BCUT2D eigenvalue weighted by atomic mass is 32.2. The Labute approximate surface area is 141 Å². The second kappa shape index (κ2) is 7.31. The monoisotopic (exact) mass is 340 g/mol. The third-order valence-electron chi connectivity index (χ3n) is 3.46. The zero-order chi connectivity index (χ0) is 16.9.